The highest BCUT2D eigenvalue weighted by Gasteiger charge is 2.24. The van der Waals surface area contributed by atoms with Gasteiger partial charge in [-0.2, -0.15) is 0 Å². The molecule has 0 heterocycles. The fourth-order valence-electron chi connectivity index (χ4n) is 3.75. The van der Waals surface area contributed by atoms with Gasteiger partial charge in [-0.15, -0.1) is 0 Å². The van der Waals surface area contributed by atoms with Crippen LogP contribution in [0.1, 0.15) is 117 Å². The first-order chi connectivity index (χ1) is 17.3. The second-order valence-corrected chi connectivity index (χ2v) is 11.4. The zero-order valence-electron chi connectivity index (χ0n) is 22.9. The van der Waals surface area contributed by atoms with Gasteiger partial charge in [-0.25, -0.2) is 4.57 Å². The van der Waals surface area contributed by atoms with Crippen molar-refractivity contribution in [2.45, 2.75) is 123 Å². The quantitative estimate of drug-likeness (QED) is 0.0500. The number of phosphoric acid groups is 1. The summed E-state index contributed by atoms with van der Waals surface area (Å²) < 4.78 is 26.0. The van der Waals surface area contributed by atoms with Crippen LogP contribution in [-0.2, 0) is 23.1 Å². The van der Waals surface area contributed by atoms with Crippen LogP contribution in [0, 0.1) is 5.92 Å². The largest absolute Gasteiger partial charge is 0.472 e. The minimum absolute atomic E-state index is 0.0726. The molecule has 4 N–H and O–H groups in total. The van der Waals surface area contributed by atoms with Crippen molar-refractivity contribution in [3.05, 3.63) is 12.2 Å². The Hall–Kier alpha value is -0.760. The van der Waals surface area contributed by atoms with Gasteiger partial charge in [0.25, 0.3) is 0 Å². The van der Waals surface area contributed by atoms with E-state index in [1.54, 1.807) is 0 Å². The molecule has 214 valence electrons. The topological polar surface area (TPSA) is 128 Å². The number of allylic oxidation sites excluding steroid dienone is 2. The summed E-state index contributed by atoms with van der Waals surface area (Å²) in [7, 11) is -4.26. The molecule has 0 aromatic rings. The van der Waals surface area contributed by atoms with Crippen LogP contribution in [-0.4, -0.2) is 48.4 Å². The lowest BCUT2D eigenvalue weighted by Gasteiger charge is -2.17. The van der Waals surface area contributed by atoms with E-state index < -0.39 is 33.1 Å². The maximum atomic E-state index is 11.9. The molecule has 0 amide bonds. The van der Waals surface area contributed by atoms with Crippen molar-refractivity contribution in [1.29, 1.82) is 0 Å². The van der Waals surface area contributed by atoms with E-state index in [2.05, 4.69) is 30.5 Å². The molecule has 0 spiro atoms. The van der Waals surface area contributed by atoms with Gasteiger partial charge in [-0.3, -0.25) is 13.8 Å². The summed E-state index contributed by atoms with van der Waals surface area (Å²) >= 11 is 0. The number of aliphatic hydroxyl groups excluding tert-OH is 1. The van der Waals surface area contributed by atoms with E-state index in [-0.39, 0.29) is 19.6 Å². The molecule has 0 aromatic carbocycles. The number of rotatable bonds is 26. The molecule has 0 saturated carbocycles. The number of carbonyl (C=O) groups excluding carboxylic acids is 1. The number of hydrogen-bond acceptors (Lipinski definition) is 7. The minimum Gasteiger partial charge on any atom is -0.457 e. The summed E-state index contributed by atoms with van der Waals surface area (Å²) in [6.45, 7) is 3.61. The van der Waals surface area contributed by atoms with E-state index in [1.807, 2.05) is 0 Å². The maximum Gasteiger partial charge on any atom is 0.472 e. The molecule has 2 atom stereocenters. The summed E-state index contributed by atoms with van der Waals surface area (Å²) in [6, 6.07) is 0. The fraction of sp³-hybridized carbons (Fsp3) is 0.889. The first-order valence-corrected chi connectivity index (χ1v) is 15.6. The predicted octanol–water partition coefficient (Wildman–Crippen LogP) is 6.44. The lowest BCUT2D eigenvalue weighted by molar-refractivity contribution is -0.153. The molecule has 0 aliphatic heterocycles. The van der Waals surface area contributed by atoms with Gasteiger partial charge < -0.3 is 20.5 Å². The number of nitrogens with two attached hydrogens (primary N) is 1. The Labute approximate surface area is 220 Å². The molecule has 0 bridgehead atoms. The molecule has 0 aliphatic carbocycles. The highest BCUT2D eigenvalue weighted by Crippen LogP contribution is 2.42. The van der Waals surface area contributed by atoms with E-state index in [0.717, 1.165) is 25.2 Å². The molecule has 8 nitrogen and oxygen atoms in total. The molecule has 0 radical (unpaired) electrons. The van der Waals surface area contributed by atoms with Crippen LogP contribution < -0.4 is 5.73 Å². The molecule has 9 heteroatoms. The van der Waals surface area contributed by atoms with Crippen molar-refractivity contribution < 1.29 is 33.1 Å². The van der Waals surface area contributed by atoms with Crippen LogP contribution >= 0.6 is 7.82 Å². The van der Waals surface area contributed by atoms with Crippen molar-refractivity contribution >= 4 is 13.8 Å². The Morgan fingerprint density at radius 1 is 0.861 bits per heavy atom. The first kappa shape index (κ1) is 35.2. The number of unbranched alkanes of at least 4 members (excludes halogenated alkanes) is 12. The third kappa shape index (κ3) is 24.9. The molecule has 0 saturated heterocycles. The Morgan fingerprint density at radius 3 is 1.92 bits per heavy atom. The third-order valence-electron chi connectivity index (χ3n) is 5.87. The average Bonchev–Trinajstić information content (AvgIpc) is 2.84. The van der Waals surface area contributed by atoms with Gasteiger partial charge in [0, 0.05) is 13.0 Å². The number of esters is 1. The SMILES string of the molecule is CC(C)CCCCCC=CCCCCCCCCCCCC(=O)O[C@@H](CO)COP(=O)(O)OCCN. The first-order valence-electron chi connectivity index (χ1n) is 14.1. The summed E-state index contributed by atoms with van der Waals surface area (Å²) in [6.07, 6.45) is 22.1. The molecule has 0 aromatic heterocycles. The van der Waals surface area contributed by atoms with Crippen molar-refractivity contribution in [3.8, 4) is 0 Å². The van der Waals surface area contributed by atoms with Gasteiger partial charge in [0.1, 0.15) is 6.10 Å². The van der Waals surface area contributed by atoms with Crippen LogP contribution in [0.4, 0.5) is 0 Å². The average molecular weight is 536 g/mol. The van der Waals surface area contributed by atoms with E-state index in [1.165, 1.54) is 77.0 Å². The number of aliphatic hydroxyl groups is 1. The number of carbonyl (C=O) groups is 1. The minimum atomic E-state index is -4.26. The Balaban J connectivity index is 3.53. The van der Waals surface area contributed by atoms with E-state index in [9.17, 15) is 19.4 Å². The maximum absolute atomic E-state index is 11.9. The second-order valence-electron chi connectivity index (χ2n) is 9.90. The lowest BCUT2D eigenvalue weighted by Crippen LogP contribution is -2.27. The normalized spacial score (nSPS) is 14.4. The van der Waals surface area contributed by atoms with Gasteiger partial charge >= 0.3 is 13.8 Å². The zero-order valence-corrected chi connectivity index (χ0v) is 23.8. The fourth-order valence-corrected chi connectivity index (χ4v) is 4.51. The summed E-state index contributed by atoms with van der Waals surface area (Å²) in [5.41, 5.74) is 5.20. The van der Waals surface area contributed by atoms with Crippen molar-refractivity contribution in [2.24, 2.45) is 11.7 Å². The van der Waals surface area contributed by atoms with Gasteiger partial charge in [-0.05, 0) is 38.0 Å². The van der Waals surface area contributed by atoms with Crippen molar-refractivity contribution in [1.82, 2.24) is 0 Å². The summed E-state index contributed by atoms with van der Waals surface area (Å²) in [4.78, 5) is 21.4. The van der Waals surface area contributed by atoms with E-state index in [0.29, 0.717) is 0 Å². The molecule has 1 unspecified atom stereocenters. The van der Waals surface area contributed by atoms with E-state index >= 15 is 0 Å². The molecular weight excluding hydrogens is 481 g/mol. The van der Waals surface area contributed by atoms with Gasteiger partial charge in [0.05, 0.1) is 19.8 Å². The molecule has 36 heavy (non-hydrogen) atoms. The lowest BCUT2D eigenvalue weighted by atomic mass is 10.0. The molecular formula is C27H54NO7P. The van der Waals surface area contributed by atoms with Gasteiger partial charge in [-0.1, -0.05) is 90.2 Å². The second kappa shape index (κ2) is 24.6. The van der Waals surface area contributed by atoms with Crippen molar-refractivity contribution in [2.75, 3.05) is 26.4 Å². The van der Waals surface area contributed by atoms with Crippen LogP contribution in [0.3, 0.4) is 0 Å². The summed E-state index contributed by atoms with van der Waals surface area (Å²) in [5.74, 6) is 0.380. The van der Waals surface area contributed by atoms with Crippen LogP contribution in [0.15, 0.2) is 12.2 Å². The third-order valence-corrected chi connectivity index (χ3v) is 6.85. The highest BCUT2D eigenvalue weighted by atomic mass is 31.2. The Morgan fingerprint density at radius 2 is 1.39 bits per heavy atom. The standard InChI is InChI=1S/C27H54NO7P/c1-25(2)19-17-15-13-11-9-7-5-3-4-6-8-10-12-14-16-18-20-27(30)35-26(23-29)24-34-36(31,32)33-22-21-28/h7,9,25-26,29H,3-6,8,10-24,28H2,1-2H3,(H,31,32)/t26-/m0/s1. The Bertz CT molecular complexity index is 586. The smallest absolute Gasteiger partial charge is 0.457 e. The summed E-state index contributed by atoms with van der Waals surface area (Å²) in [5, 5.41) is 9.29. The molecule has 0 rings (SSSR count). The van der Waals surface area contributed by atoms with Gasteiger partial charge in [0.15, 0.2) is 0 Å². The zero-order chi connectivity index (χ0) is 26.9. The number of hydrogen-bond donors (Lipinski definition) is 3. The molecule has 0 fully saturated rings. The number of ether oxygens (including phenoxy) is 1. The molecule has 0 aliphatic rings. The van der Waals surface area contributed by atoms with E-state index in [4.69, 9.17) is 15.0 Å². The number of phosphoric ester groups is 1. The van der Waals surface area contributed by atoms with Crippen LogP contribution in [0.5, 0.6) is 0 Å². The Kier molecular flexibility index (Phi) is 24.1. The van der Waals surface area contributed by atoms with Crippen LogP contribution in [0.2, 0.25) is 0 Å². The monoisotopic (exact) mass is 535 g/mol. The highest BCUT2D eigenvalue weighted by molar-refractivity contribution is 7.47. The van der Waals surface area contributed by atoms with Crippen molar-refractivity contribution in [3.63, 3.8) is 0 Å². The van der Waals surface area contributed by atoms with Gasteiger partial charge in [0.2, 0.25) is 0 Å². The predicted molar refractivity (Wildman–Crippen MR) is 146 cm³/mol. The van der Waals surface area contributed by atoms with Crippen LogP contribution in [0.25, 0.3) is 0 Å².